The van der Waals surface area contributed by atoms with E-state index in [-0.39, 0.29) is 29.5 Å². The number of nitrogens with zero attached hydrogens (tertiary/aromatic N) is 2. The number of rotatable bonds is 12. The van der Waals surface area contributed by atoms with Crippen LogP contribution in [0.15, 0.2) is 77.8 Å². The summed E-state index contributed by atoms with van der Waals surface area (Å²) in [7, 11) is -3.81. The Labute approximate surface area is 316 Å². The highest BCUT2D eigenvalue weighted by molar-refractivity contribution is 7.92. The van der Waals surface area contributed by atoms with Gasteiger partial charge < -0.3 is 35.6 Å². The number of carbonyl (C=O) groups is 3. The molecule has 5 rings (SSSR count). The number of nitrogens with one attached hydrogen (secondary N) is 1. The molecule has 13 nitrogen and oxygen atoms in total. The molecular formula is C38H43F3N4O9S. The number of nitrogen functional groups attached to an aromatic ring is 1. The number of carboxylic acid groups (broad SMARTS) is 2. The number of hydrogen-bond donors (Lipinski definition) is 4. The van der Waals surface area contributed by atoms with Crippen molar-refractivity contribution in [2.24, 2.45) is 5.92 Å². The van der Waals surface area contributed by atoms with Gasteiger partial charge in [0.2, 0.25) is 5.91 Å². The maximum absolute atomic E-state index is 14.9. The quantitative estimate of drug-likeness (QED) is 0.119. The highest BCUT2D eigenvalue weighted by Gasteiger charge is 2.46. The van der Waals surface area contributed by atoms with Gasteiger partial charge in [-0.15, -0.1) is 0 Å². The Morgan fingerprint density at radius 1 is 1.00 bits per heavy atom. The molecule has 296 valence electrons. The number of sulfone groups is 1. The van der Waals surface area contributed by atoms with Gasteiger partial charge in [0.25, 0.3) is 0 Å². The Kier molecular flexibility index (Phi) is 13.2. The monoisotopic (exact) mass is 788 g/mol. The first-order valence-corrected chi connectivity index (χ1v) is 18.8. The van der Waals surface area contributed by atoms with Crippen LogP contribution >= 0.6 is 0 Å². The molecule has 17 heteroatoms. The van der Waals surface area contributed by atoms with E-state index >= 15 is 0 Å². The third-order valence-corrected chi connectivity index (χ3v) is 10.9. The average Bonchev–Trinajstić information content (AvgIpc) is 3.57. The number of nitrogens with two attached hydrogens (primary N) is 1. The summed E-state index contributed by atoms with van der Waals surface area (Å²) >= 11 is 0. The number of benzene rings is 3. The number of halogens is 3. The van der Waals surface area contributed by atoms with Crippen molar-refractivity contribution in [2.45, 2.75) is 75.5 Å². The summed E-state index contributed by atoms with van der Waals surface area (Å²) in [6.07, 6.45) is -3.44. The van der Waals surface area contributed by atoms with Gasteiger partial charge in [-0.25, -0.2) is 18.2 Å². The zero-order chi connectivity index (χ0) is 40.8. The number of likely N-dealkylation sites (tertiary alicyclic amines) is 1. The summed E-state index contributed by atoms with van der Waals surface area (Å²) in [6.45, 7) is 9.29. The lowest BCUT2D eigenvalue weighted by Gasteiger charge is -2.33. The number of alkyl halides is 3. The number of carboxylic acids is 2. The predicted octanol–water partition coefficient (Wildman–Crippen LogP) is 6.65. The Balaban J connectivity index is 0.000000876. The van der Waals surface area contributed by atoms with Crippen LogP contribution in [0.3, 0.4) is 0 Å². The predicted molar refractivity (Wildman–Crippen MR) is 199 cm³/mol. The molecule has 55 heavy (non-hydrogen) atoms. The van der Waals surface area contributed by atoms with E-state index in [1.54, 1.807) is 62.5 Å². The maximum Gasteiger partial charge on any atom is 0.490 e. The fourth-order valence-corrected chi connectivity index (χ4v) is 7.45. The van der Waals surface area contributed by atoms with Crippen LogP contribution < -0.4 is 20.5 Å². The Morgan fingerprint density at radius 2 is 1.67 bits per heavy atom. The Morgan fingerprint density at radius 3 is 2.27 bits per heavy atom. The summed E-state index contributed by atoms with van der Waals surface area (Å²) in [5, 5.41) is 21.6. The van der Waals surface area contributed by atoms with Gasteiger partial charge in [0.15, 0.2) is 21.3 Å². The van der Waals surface area contributed by atoms with E-state index in [2.05, 4.69) is 10.3 Å². The zero-order valence-corrected chi connectivity index (χ0v) is 31.5. The summed E-state index contributed by atoms with van der Waals surface area (Å²) < 4.78 is 70.6. The molecule has 1 fully saturated rings. The highest BCUT2D eigenvalue weighted by Crippen LogP contribution is 2.43. The Hall–Kier alpha value is -5.58. The van der Waals surface area contributed by atoms with Gasteiger partial charge in [-0.3, -0.25) is 9.59 Å². The minimum absolute atomic E-state index is 0.0232. The smallest absolute Gasteiger partial charge is 0.490 e. The summed E-state index contributed by atoms with van der Waals surface area (Å²) in [6, 6.07) is 16.9. The van der Waals surface area contributed by atoms with E-state index in [0.717, 1.165) is 10.8 Å². The van der Waals surface area contributed by atoms with E-state index in [0.29, 0.717) is 35.2 Å². The van der Waals surface area contributed by atoms with E-state index in [1.807, 2.05) is 39.0 Å². The lowest BCUT2D eigenvalue weighted by Crippen LogP contribution is -2.40. The van der Waals surface area contributed by atoms with Crippen LogP contribution in [0.1, 0.15) is 64.3 Å². The average molecular weight is 789 g/mol. The number of amides is 1. The van der Waals surface area contributed by atoms with Crippen molar-refractivity contribution in [2.75, 3.05) is 24.2 Å². The number of aromatic nitrogens is 1. The molecule has 3 aromatic carbocycles. The van der Waals surface area contributed by atoms with Crippen molar-refractivity contribution in [1.82, 2.24) is 9.88 Å². The normalized spacial score (nSPS) is 16.4. The van der Waals surface area contributed by atoms with Crippen LogP contribution in [-0.2, 0) is 24.2 Å². The lowest BCUT2D eigenvalue weighted by atomic mass is 9.93. The molecule has 0 unspecified atom stereocenters. The molecule has 1 saturated heterocycles. The molecule has 4 aromatic rings. The molecular weight excluding hydrogens is 745 g/mol. The topological polar surface area (TPSA) is 198 Å². The van der Waals surface area contributed by atoms with E-state index in [4.69, 9.17) is 25.1 Å². The van der Waals surface area contributed by atoms with Gasteiger partial charge >= 0.3 is 18.1 Å². The third kappa shape index (κ3) is 9.75. The van der Waals surface area contributed by atoms with Crippen molar-refractivity contribution in [1.29, 1.82) is 0 Å². The number of hydrogen-bond acceptors (Lipinski definition) is 10. The van der Waals surface area contributed by atoms with Crippen LogP contribution in [0.4, 0.5) is 24.7 Å². The summed E-state index contributed by atoms with van der Waals surface area (Å²) in [5.74, 6) is -3.95. The second-order valence-electron chi connectivity index (χ2n) is 13.2. The van der Waals surface area contributed by atoms with Crippen molar-refractivity contribution in [3.8, 4) is 11.5 Å². The SMILES string of the molecule is CCOc1cc([C@@H](Nc2ccc3c(N)nccc3c2)C(=O)N2CC[C@@H](C(=O)O)[C@H]2c2ccccc2S(=O)(=O)C(C)C)ccc1OC(C)C.O=C(O)C(F)(F)F. The number of ether oxygens (including phenoxy) is 2. The zero-order valence-electron chi connectivity index (χ0n) is 30.7. The second-order valence-corrected chi connectivity index (χ2v) is 15.6. The number of aliphatic carboxylic acids is 2. The van der Waals surface area contributed by atoms with Crippen molar-refractivity contribution in [3.05, 3.63) is 84.1 Å². The fourth-order valence-electron chi connectivity index (χ4n) is 6.16. The van der Waals surface area contributed by atoms with Gasteiger partial charge in [-0.1, -0.05) is 24.3 Å². The standard InChI is InChI=1S/C36H42N4O7S.C2HF3O2/c1-6-46-30-20-24(11-14-29(30)47-21(2)3)32(39-25-12-13-26-23(19-25)15-17-38-34(26)37)35(41)40-18-16-28(36(42)43)33(40)27-9-7-8-10-31(27)48(44,45)22(4)5;3-2(4,5)1(6)7/h7-15,17,19-22,28,32-33,39H,6,16,18H2,1-5H3,(H2,37,38)(H,42,43);(H,6,7)/t28-,32-,33-;/m1./s1. The molecule has 0 saturated carbocycles. The minimum atomic E-state index is -5.08. The molecule has 1 aromatic heterocycles. The molecule has 0 aliphatic carbocycles. The van der Waals surface area contributed by atoms with E-state index < -0.39 is 57.1 Å². The van der Waals surface area contributed by atoms with Crippen LogP contribution in [0.25, 0.3) is 10.8 Å². The van der Waals surface area contributed by atoms with Crippen LogP contribution in [-0.4, -0.2) is 77.0 Å². The number of fused-ring (bicyclic) bond motifs is 1. The molecule has 0 spiro atoms. The maximum atomic E-state index is 14.9. The van der Waals surface area contributed by atoms with Gasteiger partial charge in [-0.05, 0) is 100 Å². The largest absolute Gasteiger partial charge is 0.490 e. The highest BCUT2D eigenvalue weighted by atomic mass is 32.2. The lowest BCUT2D eigenvalue weighted by molar-refractivity contribution is -0.192. The number of carbonyl (C=O) groups excluding carboxylic acids is 1. The molecule has 1 amide bonds. The first kappa shape index (κ1) is 42.2. The minimum Gasteiger partial charge on any atom is -0.490 e. The van der Waals surface area contributed by atoms with Gasteiger partial charge in [0, 0.05) is 23.8 Å². The summed E-state index contributed by atoms with van der Waals surface area (Å²) in [4.78, 5) is 42.1. The summed E-state index contributed by atoms with van der Waals surface area (Å²) in [5.41, 5.74) is 7.53. The van der Waals surface area contributed by atoms with Crippen LogP contribution in [0, 0.1) is 5.92 Å². The van der Waals surface area contributed by atoms with Crippen LogP contribution in [0.5, 0.6) is 11.5 Å². The molecule has 1 aliphatic rings. The van der Waals surface area contributed by atoms with E-state index in [9.17, 15) is 36.3 Å². The number of anilines is 2. The van der Waals surface area contributed by atoms with E-state index in [1.165, 1.54) is 11.0 Å². The van der Waals surface area contributed by atoms with Gasteiger partial charge in [-0.2, -0.15) is 13.2 Å². The van der Waals surface area contributed by atoms with Crippen molar-refractivity contribution in [3.63, 3.8) is 0 Å². The molecule has 1 aliphatic heterocycles. The van der Waals surface area contributed by atoms with Crippen molar-refractivity contribution < 1.29 is 55.7 Å². The molecule has 3 atom stereocenters. The van der Waals surface area contributed by atoms with Gasteiger partial charge in [0.05, 0.1) is 34.8 Å². The number of pyridine rings is 1. The molecule has 0 radical (unpaired) electrons. The third-order valence-electron chi connectivity index (χ3n) is 8.72. The van der Waals surface area contributed by atoms with Crippen LogP contribution in [0.2, 0.25) is 0 Å². The molecule has 0 bridgehead atoms. The first-order valence-electron chi connectivity index (χ1n) is 17.3. The second kappa shape index (κ2) is 17.3. The van der Waals surface area contributed by atoms with Crippen molar-refractivity contribution >= 4 is 50.0 Å². The Bertz CT molecular complexity index is 2150. The fraction of sp³-hybridized carbons (Fsp3) is 0.368. The molecule has 5 N–H and O–H groups in total. The first-order chi connectivity index (χ1) is 25.8. The van der Waals surface area contributed by atoms with Gasteiger partial charge in [0.1, 0.15) is 11.9 Å². The molecule has 2 heterocycles.